The maximum atomic E-state index is 6.33. The van der Waals surface area contributed by atoms with Gasteiger partial charge >= 0.3 is 0 Å². The van der Waals surface area contributed by atoms with E-state index in [9.17, 15) is 0 Å². The maximum absolute atomic E-state index is 6.33. The zero-order valence-electron chi connectivity index (χ0n) is 8.37. The molecule has 4 heteroatoms. The molecule has 14 heavy (non-hydrogen) atoms. The summed E-state index contributed by atoms with van der Waals surface area (Å²) in [7, 11) is 0. The fourth-order valence-electron chi connectivity index (χ4n) is 4.41. The van der Waals surface area contributed by atoms with Crippen molar-refractivity contribution >= 4 is 24.8 Å². The summed E-state index contributed by atoms with van der Waals surface area (Å²) in [6.45, 7) is 0. The molecule has 4 fully saturated rings. The van der Waals surface area contributed by atoms with Crippen molar-refractivity contribution < 1.29 is 0 Å². The van der Waals surface area contributed by atoms with Crippen LogP contribution in [0.1, 0.15) is 38.5 Å². The first kappa shape index (κ1) is 12.6. The number of hydrogen-bond acceptors (Lipinski definition) is 2. The molecule has 0 aromatic carbocycles. The van der Waals surface area contributed by atoms with Crippen molar-refractivity contribution in [3.63, 3.8) is 0 Å². The van der Waals surface area contributed by atoms with Gasteiger partial charge in [0, 0.05) is 11.1 Å². The minimum atomic E-state index is 0. The molecule has 84 valence electrons. The monoisotopic (exact) mass is 238 g/mol. The van der Waals surface area contributed by atoms with E-state index in [0.717, 1.165) is 18.3 Å². The lowest BCUT2D eigenvalue weighted by molar-refractivity contribution is -0.0173. The van der Waals surface area contributed by atoms with Crippen LogP contribution in [-0.4, -0.2) is 11.1 Å². The smallest absolute Gasteiger partial charge is 0.0177 e. The highest BCUT2D eigenvalue weighted by Crippen LogP contribution is 2.55. The number of hydrogen-bond donors (Lipinski definition) is 2. The highest BCUT2D eigenvalue weighted by Gasteiger charge is 2.54. The fourth-order valence-corrected chi connectivity index (χ4v) is 4.41. The molecule has 0 spiro atoms. The molecule has 0 atom stereocenters. The number of rotatable bonds is 0. The van der Waals surface area contributed by atoms with E-state index in [0.29, 0.717) is 0 Å². The van der Waals surface area contributed by atoms with E-state index >= 15 is 0 Å². The SMILES string of the molecule is Cl.Cl.NC12CC3CC(C1)CC(N)(C3)C2. The minimum absolute atomic E-state index is 0. The molecule has 4 aliphatic carbocycles. The van der Waals surface area contributed by atoms with Crippen molar-refractivity contribution in [2.75, 3.05) is 0 Å². The third-order valence-corrected chi connectivity index (χ3v) is 4.15. The normalized spacial score (nSPS) is 53.6. The molecule has 0 saturated heterocycles. The molecule has 2 nitrogen and oxygen atoms in total. The second-order valence-electron chi connectivity index (χ2n) is 5.69. The number of halogens is 2. The van der Waals surface area contributed by atoms with Gasteiger partial charge in [-0.1, -0.05) is 0 Å². The van der Waals surface area contributed by atoms with E-state index in [1.54, 1.807) is 0 Å². The van der Waals surface area contributed by atoms with Crippen molar-refractivity contribution in [1.82, 2.24) is 0 Å². The van der Waals surface area contributed by atoms with Crippen LogP contribution in [0.15, 0.2) is 0 Å². The first-order valence-corrected chi connectivity index (χ1v) is 5.15. The molecule has 0 heterocycles. The van der Waals surface area contributed by atoms with Crippen LogP contribution in [0.4, 0.5) is 0 Å². The Labute approximate surface area is 98.0 Å². The maximum Gasteiger partial charge on any atom is 0.0177 e. The first-order chi connectivity index (χ1) is 5.57. The van der Waals surface area contributed by atoms with Crippen LogP contribution in [0.2, 0.25) is 0 Å². The van der Waals surface area contributed by atoms with Gasteiger partial charge in [0.2, 0.25) is 0 Å². The Morgan fingerprint density at radius 1 is 0.786 bits per heavy atom. The molecule has 4 rings (SSSR count). The quantitative estimate of drug-likeness (QED) is 0.677. The van der Waals surface area contributed by atoms with Crippen molar-refractivity contribution in [2.45, 2.75) is 49.6 Å². The molecular weight excluding hydrogens is 219 g/mol. The summed E-state index contributed by atoms with van der Waals surface area (Å²) < 4.78 is 0. The van der Waals surface area contributed by atoms with Crippen LogP contribution in [0, 0.1) is 11.8 Å². The lowest BCUT2D eigenvalue weighted by Crippen LogP contribution is -2.66. The Kier molecular flexibility index (Phi) is 3.15. The minimum Gasteiger partial charge on any atom is -0.325 e. The third kappa shape index (κ3) is 1.78. The Balaban J connectivity index is 0.000000490. The molecule has 4 N–H and O–H groups in total. The molecule has 0 aliphatic heterocycles. The zero-order valence-corrected chi connectivity index (χ0v) is 10.0. The van der Waals surface area contributed by atoms with Crippen LogP contribution in [0.3, 0.4) is 0 Å². The standard InChI is InChI=1S/C10H18N2.2ClH/c11-9-2-7-1-8(4-9)5-10(12,3-7)6-9;;/h7-8H,1-6,11-12H2;2*1H. The molecule has 4 saturated carbocycles. The third-order valence-electron chi connectivity index (χ3n) is 4.15. The highest BCUT2D eigenvalue weighted by molar-refractivity contribution is 5.85. The Bertz CT molecular complexity index is 198. The predicted octanol–water partition coefficient (Wildman–Crippen LogP) is 1.84. The molecule has 4 aliphatic rings. The second-order valence-corrected chi connectivity index (χ2v) is 5.69. The van der Waals surface area contributed by atoms with E-state index in [4.69, 9.17) is 11.5 Å². The lowest BCUT2D eigenvalue weighted by atomic mass is 9.50. The summed E-state index contributed by atoms with van der Waals surface area (Å²) >= 11 is 0. The van der Waals surface area contributed by atoms with Crippen LogP contribution >= 0.6 is 24.8 Å². The Morgan fingerprint density at radius 2 is 1.14 bits per heavy atom. The highest BCUT2D eigenvalue weighted by atomic mass is 35.5. The van der Waals surface area contributed by atoms with Crippen LogP contribution in [0.25, 0.3) is 0 Å². The summed E-state index contributed by atoms with van der Waals surface area (Å²) in [5, 5.41) is 0. The summed E-state index contributed by atoms with van der Waals surface area (Å²) in [6, 6.07) is 0. The lowest BCUT2D eigenvalue weighted by Gasteiger charge is -2.59. The Hall–Kier alpha value is 0.500. The Morgan fingerprint density at radius 3 is 1.43 bits per heavy atom. The van der Waals surface area contributed by atoms with Crippen LogP contribution < -0.4 is 11.5 Å². The van der Waals surface area contributed by atoms with Gasteiger partial charge in [-0.2, -0.15) is 0 Å². The van der Waals surface area contributed by atoms with Gasteiger partial charge in [0.15, 0.2) is 0 Å². The molecule has 0 unspecified atom stereocenters. The van der Waals surface area contributed by atoms with Crippen molar-refractivity contribution in [1.29, 1.82) is 0 Å². The summed E-state index contributed by atoms with van der Waals surface area (Å²) in [5.41, 5.74) is 12.9. The topological polar surface area (TPSA) is 52.0 Å². The predicted molar refractivity (Wildman–Crippen MR) is 63.0 cm³/mol. The van der Waals surface area contributed by atoms with Gasteiger partial charge in [0.1, 0.15) is 0 Å². The van der Waals surface area contributed by atoms with Gasteiger partial charge in [-0.3, -0.25) is 0 Å². The molecular formula is C10H20Cl2N2. The van der Waals surface area contributed by atoms with Gasteiger partial charge in [0.05, 0.1) is 0 Å². The zero-order chi connectivity index (χ0) is 8.40. The second kappa shape index (κ2) is 3.51. The largest absolute Gasteiger partial charge is 0.325 e. The van der Waals surface area contributed by atoms with Crippen LogP contribution in [-0.2, 0) is 0 Å². The number of nitrogens with two attached hydrogens (primary N) is 2. The van der Waals surface area contributed by atoms with E-state index in [-0.39, 0.29) is 35.9 Å². The van der Waals surface area contributed by atoms with E-state index in [1.165, 1.54) is 32.1 Å². The summed E-state index contributed by atoms with van der Waals surface area (Å²) in [5.74, 6) is 1.72. The average molecular weight is 239 g/mol. The van der Waals surface area contributed by atoms with Gasteiger partial charge in [-0.05, 0) is 50.4 Å². The molecule has 0 aromatic heterocycles. The molecule has 0 amide bonds. The van der Waals surface area contributed by atoms with E-state index in [2.05, 4.69) is 0 Å². The van der Waals surface area contributed by atoms with Crippen LogP contribution in [0.5, 0.6) is 0 Å². The van der Waals surface area contributed by atoms with Gasteiger partial charge in [0.25, 0.3) is 0 Å². The summed E-state index contributed by atoms with van der Waals surface area (Å²) in [6.07, 6.45) is 7.51. The van der Waals surface area contributed by atoms with E-state index < -0.39 is 0 Å². The van der Waals surface area contributed by atoms with Gasteiger partial charge in [-0.15, -0.1) is 24.8 Å². The summed E-state index contributed by atoms with van der Waals surface area (Å²) in [4.78, 5) is 0. The molecule has 0 radical (unpaired) electrons. The van der Waals surface area contributed by atoms with Crippen molar-refractivity contribution in [3.8, 4) is 0 Å². The average Bonchev–Trinajstić information content (AvgIpc) is 1.75. The van der Waals surface area contributed by atoms with E-state index in [1.807, 2.05) is 0 Å². The fraction of sp³-hybridized carbons (Fsp3) is 1.00. The molecule has 4 bridgehead atoms. The van der Waals surface area contributed by atoms with Gasteiger partial charge < -0.3 is 11.5 Å². The van der Waals surface area contributed by atoms with Crippen molar-refractivity contribution in [2.24, 2.45) is 23.3 Å². The first-order valence-electron chi connectivity index (χ1n) is 5.15. The van der Waals surface area contributed by atoms with Crippen molar-refractivity contribution in [3.05, 3.63) is 0 Å². The molecule has 0 aromatic rings. The van der Waals surface area contributed by atoms with Gasteiger partial charge in [-0.25, -0.2) is 0 Å².